The first-order chi connectivity index (χ1) is 9.43. The number of rotatable bonds is 1. The minimum Gasteiger partial charge on any atom is -0.0620 e. The van der Waals surface area contributed by atoms with E-state index in [0.717, 1.165) is 17.8 Å². The Morgan fingerprint density at radius 3 is 2.63 bits per heavy atom. The molecule has 3 atom stereocenters. The molecule has 0 bridgehead atoms. The van der Waals surface area contributed by atoms with Crippen LogP contribution in [0.15, 0.2) is 24.3 Å². The van der Waals surface area contributed by atoms with E-state index >= 15 is 0 Å². The molecule has 2 saturated carbocycles. The molecule has 0 heteroatoms. The van der Waals surface area contributed by atoms with Crippen LogP contribution in [-0.2, 0) is 6.42 Å². The maximum Gasteiger partial charge on any atom is -0.0122 e. The van der Waals surface area contributed by atoms with E-state index in [2.05, 4.69) is 24.3 Å². The lowest BCUT2D eigenvalue weighted by molar-refractivity contribution is 0.217. The molecule has 3 aliphatic rings. The third kappa shape index (κ3) is 2.04. The van der Waals surface area contributed by atoms with E-state index in [1.807, 2.05) is 5.92 Å². The molecule has 1 aromatic rings. The second kappa shape index (κ2) is 4.96. The van der Waals surface area contributed by atoms with Crippen molar-refractivity contribution in [1.29, 1.82) is 0 Å². The zero-order valence-electron chi connectivity index (χ0n) is 11.9. The summed E-state index contributed by atoms with van der Waals surface area (Å²) >= 11 is 0. The zero-order chi connectivity index (χ0) is 12.7. The van der Waals surface area contributed by atoms with Crippen LogP contribution in [0.4, 0.5) is 0 Å². The second-order valence-electron chi connectivity index (χ2n) is 6.90. The highest BCUT2D eigenvalue weighted by Gasteiger charge is 2.41. The van der Waals surface area contributed by atoms with Crippen molar-refractivity contribution in [1.82, 2.24) is 0 Å². The Balaban J connectivity index is 1.61. The molecule has 19 heavy (non-hydrogen) atoms. The summed E-state index contributed by atoms with van der Waals surface area (Å²) in [6.45, 7) is 0. The Kier molecular flexibility index (Phi) is 3.13. The smallest absolute Gasteiger partial charge is 0.0122 e. The second-order valence-corrected chi connectivity index (χ2v) is 6.90. The number of fused-ring (bicyclic) bond motifs is 2. The van der Waals surface area contributed by atoms with Crippen molar-refractivity contribution in [2.75, 3.05) is 0 Å². The lowest BCUT2D eigenvalue weighted by Gasteiger charge is -2.43. The monoisotopic (exact) mass is 253 g/mol. The number of hydrogen-bond donors (Lipinski definition) is 0. The summed E-state index contributed by atoms with van der Waals surface area (Å²) in [6.07, 6.45) is 13.1. The number of hydrogen-bond acceptors (Lipinski definition) is 0. The fourth-order valence-corrected chi connectivity index (χ4v) is 5.16. The molecule has 0 saturated heterocycles. The highest BCUT2D eigenvalue weighted by atomic mass is 14.5. The molecule has 3 unspecified atom stereocenters. The summed E-state index contributed by atoms with van der Waals surface area (Å²) in [7, 11) is 0. The fraction of sp³-hybridized carbons (Fsp3) is 0.632. The van der Waals surface area contributed by atoms with Crippen LogP contribution in [0.1, 0.15) is 68.4 Å². The molecule has 1 radical (unpaired) electrons. The van der Waals surface area contributed by atoms with Gasteiger partial charge in [0.2, 0.25) is 0 Å². The van der Waals surface area contributed by atoms with Crippen LogP contribution >= 0.6 is 0 Å². The standard InChI is InChI=1S/C19H25/c1-3-9-16-14(6-1)8-5-11-18(16)19-13-12-15-7-2-4-10-17(15)19/h2,4,7,10,14,18-19H,1,3,5-6,8-9,11-13H2. The molecule has 1 aromatic carbocycles. The van der Waals surface area contributed by atoms with Crippen LogP contribution in [0.3, 0.4) is 0 Å². The van der Waals surface area contributed by atoms with E-state index in [0.29, 0.717) is 0 Å². The van der Waals surface area contributed by atoms with Gasteiger partial charge in [-0.3, -0.25) is 0 Å². The fourth-order valence-electron chi connectivity index (χ4n) is 5.16. The Hall–Kier alpha value is -0.780. The Morgan fingerprint density at radius 1 is 0.737 bits per heavy atom. The van der Waals surface area contributed by atoms with Gasteiger partial charge in [-0.2, -0.15) is 0 Å². The summed E-state index contributed by atoms with van der Waals surface area (Å²) in [5.41, 5.74) is 3.34. The van der Waals surface area contributed by atoms with Crippen LogP contribution < -0.4 is 0 Å². The number of aryl methyl sites for hydroxylation is 1. The van der Waals surface area contributed by atoms with Gasteiger partial charge in [0, 0.05) is 0 Å². The van der Waals surface area contributed by atoms with Crippen molar-refractivity contribution >= 4 is 0 Å². The van der Waals surface area contributed by atoms with Crippen molar-refractivity contribution in [3.63, 3.8) is 0 Å². The third-order valence-corrected chi connectivity index (χ3v) is 6.00. The maximum absolute atomic E-state index is 2.42. The van der Waals surface area contributed by atoms with E-state index in [1.165, 1.54) is 57.8 Å². The predicted octanol–water partition coefficient (Wildman–Crippen LogP) is 5.28. The Bertz CT molecular complexity index is 445. The summed E-state index contributed by atoms with van der Waals surface area (Å²) in [5, 5.41) is 0. The van der Waals surface area contributed by atoms with Crippen LogP contribution in [0.25, 0.3) is 0 Å². The van der Waals surface area contributed by atoms with Crippen LogP contribution in [-0.4, -0.2) is 0 Å². The van der Waals surface area contributed by atoms with Gasteiger partial charge in [-0.25, -0.2) is 0 Å². The van der Waals surface area contributed by atoms with E-state index < -0.39 is 0 Å². The predicted molar refractivity (Wildman–Crippen MR) is 80.0 cm³/mol. The quantitative estimate of drug-likeness (QED) is 0.638. The van der Waals surface area contributed by atoms with Crippen molar-refractivity contribution in [2.24, 2.45) is 11.8 Å². The summed E-state index contributed by atoms with van der Waals surface area (Å²) < 4.78 is 0. The van der Waals surface area contributed by atoms with Gasteiger partial charge in [0.15, 0.2) is 0 Å². The SMILES string of the molecule is c1ccc2c(c1)CCC2C1CCCC2CCCC[C]21. The highest BCUT2D eigenvalue weighted by molar-refractivity contribution is 5.37. The van der Waals surface area contributed by atoms with Gasteiger partial charge in [0.05, 0.1) is 0 Å². The first-order valence-electron chi connectivity index (χ1n) is 8.37. The minimum atomic E-state index is 0.868. The molecule has 0 nitrogen and oxygen atoms in total. The van der Waals surface area contributed by atoms with Gasteiger partial charge in [-0.1, -0.05) is 43.5 Å². The summed E-state index contributed by atoms with van der Waals surface area (Å²) in [5.74, 6) is 4.79. The molecule has 0 N–H and O–H groups in total. The first kappa shape index (κ1) is 12.0. The van der Waals surface area contributed by atoms with Crippen molar-refractivity contribution < 1.29 is 0 Å². The highest BCUT2D eigenvalue weighted by Crippen LogP contribution is 2.53. The van der Waals surface area contributed by atoms with Gasteiger partial charge in [-0.05, 0) is 73.3 Å². The van der Waals surface area contributed by atoms with E-state index in [-0.39, 0.29) is 0 Å². The zero-order valence-corrected chi connectivity index (χ0v) is 11.9. The topological polar surface area (TPSA) is 0 Å². The third-order valence-electron chi connectivity index (χ3n) is 6.00. The average Bonchev–Trinajstić information content (AvgIpc) is 2.90. The molecule has 4 rings (SSSR count). The molecular formula is C19H25. The lowest BCUT2D eigenvalue weighted by atomic mass is 9.61. The molecular weight excluding hydrogens is 228 g/mol. The number of benzene rings is 1. The molecule has 0 amide bonds. The Morgan fingerprint density at radius 2 is 1.63 bits per heavy atom. The molecule has 3 aliphatic carbocycles. The average molecular weight is 253 g/mol. The van der Waals surface area contributed by atoms with Crippen molar-refractivity contribution in [3.05, 3.63) is 41.3 Å². The lowest BCUT2D eigenvalue weighted by Crippen LogP contribution is -2.32. The van der Waals surface area contributed by atoms with Gasteiger partial charge in [0.25, 0.3) is 0 Å². The maximum atomic E-state index is 2.42. The van der Waals surface area contributed by atoms with Gasteiger partial charge < -0.3 is 0 Å². The molecule has 101 valence electrons. The van der Waals surface area contributed by atoms with Gasteiger partial charge in [-0.15, -0.1) is 0 Å². The van der Waals surface area contributed by atoms with Crippen LogP contribution in [0, 0.1) is 17.8 Å². The minimum absolute atomic E-state index is 0.868. The summed E-state index contributed by atoms with van der Waals surface area (Å²) in [6, 6.07) is 9.25. The normalized spacial score (nSPS) is 34.8. The van der Waals surface area contributed by atoms with Crippen LogP contribution in [0.2, 0.25) is 0 Å². The summed E-state index contributed by atoms with van der Waals surface area (Å²) in [4.78, 5) is 0. The van der Waals surface area contributed by atoms with E-state index in [1.54, 1.807) is 11.1 Å². The van der Waals surface area contributed by atoms with Gasteiger partial charge >= 0.3 is 0 Å². The molecule has 0 aliphatic heterocycles. The molecule has 2 fully saturated rings. The van der Waals surface area contributed by atoms with Crippen molar-refractivity contribution in [2.45, 2.75) is 63.7 Å². The van der Waals surface area contributed by atoms with Gasteiger partial charge in [0.1, 0.15) is 0 Å². The largest absolute Gasteiger partial charge is 0.0620 e. The molecule has 0 aromatic heterocycles. The van der Waals surface area contributed by atoms with E-state index in [4.69, 9.17) is 0 Å². The van der Waals surface area contributed by atoms with E-state index in [9.17, 15) is 0 Å². The molecule has 0 spiro atoms. The first-order valence-corrected chi connectivity index (χ1v) is 8.37. The molecule has 0 heterocycles. The Labute approximate surface area is 117 Å². The van der Waals surface area contributed by atoms with Crippen molar-refractivity contribution in [3.8, 4) is 0 Å². The van der Waals surface area contributed by atoms with Crippen LogP contribution in [0.5, 0.6) is 0 Å².